The Balaban J connectivity index is 1.35. The topological polar surface area (TPSA) is 52.2 Å². The first-order valence-electron chi connectivity index (χ1n) is 9.49. The molecule has 0 aliphatic carbocycles. The van der Waals surface area contributed by atoms with Crippen LogP contribution in [-0.4, -0.2) is 34.2 Å². The van der Waals surface area contributed by atoms with Gasteiger partial charge in [0.25, 0.3) is 0 Å². The van der Waals surface area contributed by atoms with Crippen molar-refractivity contribution in [1.29, 1.82) is 5.41 Å². The Bertz CT molecular complexity index is 1010. The Kier molecular flexibility index (Phi) is 5.83. The molecule has 1 aromatic heterocycles. The first kappa shape index (κ1) is 19.6. The van der Waals surface area contributed by atoms with Crippen LogP contribution in [0.3, 0.4) is 0 Å². The number of aliphatic hydroxyl groups excluding tert-OH is 1. The molecule has 0 bridgehead atoms. The first-order valence-corrected chi connectivity index (χ1v) is 10.7. The largest absolute Gasteiger partial charge is 0.387 e. The lowest BCUT2D eigenvalue weighted by atomic mass is 9.96. The van der Waals surface area contributed by atoms with Crippen LogP contribution in [0.4, 0.5) is 4.39 Å². The maximum absolute atomic E-state index is 13.0. The number of thiazole rings is 1. The number of nitrogens with one attached hydrogen (secondary N) is 1. The van der Waals surface area contributed by atoms with Crippen LogP contribution >= 0.6 is 22.9 Å². The average Bonchev–Trinajstić information content (AvgIpc) is 2.98. The van der Waals surface area contributed by atoms with Crippen LogP contribution in [-0.2, 0) is 6.54 Å². The maximum Gasteiger partial charge on any atom is 0.182 e. The van der Waals surface area contributed by atoms with Crippen LogP contribution in [0.25, 0.3) is 10.2 Å². The highest BCUT2D eigenvalue weighted by Crippen LogP contribution is 2.26. The fourth-order valence-electron chi connectivity index (χ4n) is 3.89. The third kappa shape index (κ3) is 4.30. The maximum atomic E-state index is 13.0. The van der Waals surface area contributed by atoms with Gasteiger partial charge in [0, 0.05) is 18.1 Å². The summed E-state index contributed by atoms with van der Waals surface area (Å²) in [4.78, 5) is 2.83. The molecule has 1 saturated heterocycles. The summed E-state index contributed by atoms with van der Waals surface area (Å²) in [5.74, 6) is 0.230. The summed E-state index contributed by atoms with van der Waals surface area (Å²) in [6, 6.07) is 11.9. The van der Waals surface area contributed by atoms with Crippen molar-refractivity contribution in [1.82, 2.24) is 9.47 Å². The SMILES string of the molecule is N=c1sc2cc(Cl)ccc2n1CC1CCN(C[C@@H](O)c2ccc(F)cc2)CC1. The number of benzene rings is 2. The zero-order valence-electron chi connectivity index (χ0n) is 15.4. The first-order chi connectivity index (χ1) is 13.5. The van der Waals surface area contributed by atoms with Crippen molar-refractivity contribution in [3.8, 4) is 0 Å². The van der Waals surface area contributed by atoms with Crippen LogP contribution in [0.15, 0.2) is 42.5 Å². The van der Waals surface area contributed by atoms with E-state index in [0.29, 0.717) is 22.3 Å². The number of fused-ring (bicyclic) bond motifs is 1. The molecule has 0 unspecified atom stereocenters. The number of aromatic nitrogens is 1. The number of piperidine rings is 1. The summed E-state index contributed by atoms with van der Waals surface area (Å²) in [6.07, 6.45) is 1.47. The van der Waals surface area contributed by atoms with E-state index in [1.807, 2.05) is 18.2 Å². The number of rotatable bonds is 5. The van der Waals surface area contributed by atoms with Crippen molar-refractivity contribution in [3.05, 3.63) is 63.7 Å². The van der Waals surface area contributed by atoms with Crippen molar-refractivity contribution >= 4 is 33.2 Å². The Morgan fingerprint density at radius 3 is 2.61 bits per heavy atom. The highest BCUT2D eigenvalue weighted by atomic mass is 35.5. The number of likely N-dealkylation sites (tertiary alicyclic amines) is 1. The molecule has 2 heterocycles. The van der Waals surface area contributed by atoms with Gasteiger partial charge in [0.1, 0.15) is 5.82 Å². The number of halogens is 2. The van der Waals surface area contributed by atoms with Crippen LogP contribution in [0, 0.1) is 17.1 Å². The quantitative estimate of drug-likeness (QED) is 0.643. The van der Waals surface area contributed by atoms with E-state index in [1.54, 1.807) is 12.1 Å². The predicted octanol–water partition coefficient (Wildman–Crippen LogP) is 4.42. The zero-order valence-corrected chi connectivity index (χ0v) is 17.0. The minimum atomic E-state index is -0.600. The summed E-state index contributed by atoms with van der Waals surface area (Å²) >= 11 is 7.54. The smallest absolute Gasteiger partial charge is 0.182 e. The summed E-state index contributed by atoms with van der Waals surface area (Å²) < 4.78 is 16.2. The number of hydrogen-bond acceptors (Lipinski definition) is 4. The molecule has 2 aromatic carbocycles. The van der Waals surface area contributed by atoms with Crippen LogP contribution in [0.2, 0.25) is 5.02 Å². The van der Waals surface area contributed by atoms with Gasteiger partial charge in [-0.1, -0.05) is 35.1 Å². The fourth-order valence-corrected chi connectivity index (χ4v) is 5.08. The minimum Gasteiger partial charge on any atom is -0.387 e. The lowest BCUT2D eigenvalue weighted by Crippen LogP contribution is -2.38. The molecule has 0 spiro atoms. The third-order valence-corrected chi connectivity index (χ3v) is 6.69. The molecular weight excluding hydrogens is 397 g/mol. The monoisotopic (exact) mass is 419 g/mol. The van der Waals surface area contributed by atoms with Gasteiger partial charge in [0.2, 0.25) is 0 Å². The molecule has 1 aliphatic rings. The van der Waals surface area contributed by atoms with Crippen molar-refractivity contribution < 1.29 is 9.50 Å². The second kappa shape index (κ2) is 8.33. The zero-order chi connectivity index (χ0) is 19.7. The third-order valence-electron chi connectivity index (χ3n) is 5.50. The molecule has 0 saturated carbocycles. The summed E-state index contributed by atoms with van der Waals surface area (Å²) in [5, 5.41) is 19.4. The molecule has 4 nitrogen and oxygen atoms in total. The predicted molar refractivity (Wildman–Crippen MR) is 111 cm³/mol. The number of β-amino-alcohol motifs (C(OH)–C–C–N with tert-alkyl or cyclic N) is 1. The van der Waals surface area contributed by atoms with Gasteiger partial charge in [-0.25, -0.2) is 4.39 Å². The number of aliphatic hydroxyl groups is 1. The molecule has 0 radical (unpaired) electrons. The summed E-state index contributed by atoms with van der Waals surface area (Å²) in [5.41, 5.74) is 1.83. The lowest BCUT2D eigenvalue weighted by Gasteiger charge is -2.33. The summed E-state index contributed by atoms with van der Waals surface area (Å²) in [6.45, 7) is 3.25. The number of hydrogen-bond donors (Lipinski definition) is 2. The van der Waals surface area contributed by atoms with E-state index >= 15 is 0 Å². The Morgan fingerprint density at radius 2 is 1.89 bits per heavy atom. The van der Waals surface area contributed by atoms with Gasteiger partial charge in [0.05, 0.1) is 16.3 Å². The molecule has 3 aromatic rings. The van der Waals surface area contributed by atoms with Gasteiger partial charge in [-0.2, -0.15) is 0 Å². The van der Waals surface area contributed by atoms with Gasteiger partial charge >= 0.3 is 0 Å². The highest BCUT2D eigenvalue weighted by molar-refractivity contribution is 7.16. The van der Waals surface area contributed by atoms with Crippen molar-refractivity contribution in [2.75, 3.05) is 19.6 Å². The molecular formula is C21H23ClFN3OS. The van der Waals surface area contributed by atoms with E-state index in [4.69, 9.17) is 17.0 Å². The molecule has 148 valence electrons. The van der Waals surface area contributed by atoms with Crippen molar-refractivity contribution in [3.63, 3.8) is 0 Å². The normalized spacial score (nSPS) is 17.2. The highest BCUT2D eigenvalue weighted by Gasteiger charge is 2.23. The van der Waals surface area contributed by atoms with Crippen molar-refractivity contribution in [2.45, 2.75) is 25.5 Å². The number of nitrogens with zero attached hydrogens (tertiary/aromatic N) is 2. The minimum absolute atomic E-state index is 0.286. The Labute approximate surface area is 172 Å². The van der Waals surface area contributed by atoms with Crippen LogP contribution in [0.5, 0.6) is 0 Å². The molecule has 28 heavy (non-hydrogen) atoms. The molecule has 1 atom stereocenters. The van der Waals surface area contributed by atoms with Gasteiger partial charge < -0.3 is 14.6 Å². The van der Waals surface area contributed by atoms with Gasteiger partial charge in [-0.05, 0) is 67.7 Å². The van der Waals surface area contributed by atoms with Gasteiger partial charge in [0.15, 0.2) is 4.80 Å². The molecule has 2 N–H and O–H groups in total. The van der Waals surface area contributed by atoms with E-state index in [0.717, 1.165) is 48.3 Å². The van der Waals surface area contributed by atoms with E-state index in [9.17, 15) is 9.50 Å². The van der Waals surface area contributed by atoms with Crippen LogP contribution in [0.1, 0.15) is 24.5 Å². The van der Waals surface area contributed by atoms with Gasteiger partial charge in [-0.15, -0.1) is 0 Å². The molecule has 4 rings (SSSR count). The van der Waals surface area contributed by atoms with E-state index < -0.39 is 6.10 Å². The fraction of sp³-hybridized carbons (Fsp3) is 0.381. The second-order valence-electron chi connectivity index (χ2n) is 7.44. The second-order valence-corrected chi connectivity index (χ2v) is 8.91. The van der Waals surface area contributed by atoms with E-state index in [1.165, 1.54) is 23.5 Å². The molecule has 0 amide bonds. The lowest BCUT2D eigenvalue weighted by molar-refractivity contribution is 0.0867. The van der Waals surface area contributed by atoms with Crippen molar-refractivity contribution in [2.24, 2.45) is 5.92 Å². The summed E-state index contributed by atoms with van der Waals surface area (Å²) in [7, 11) is 0. The van der Waals surface area contributed by atoms with E-state index in [2.05, 4.69) is 9.47 Å². The molecule has 1 fully saturated rings. The molecule has 7 heteroatoms. The Hall–Kier alpha value is -1.73. The van der Waals surface area contributed by atoms with Gasteiger partial charge in [-0.3, -0.25) is 5.41 Å². The molecule has 1 aliphatic heterocycles. The average molecular weight is 420 g/mol. The van der Waals surface area contributed by atoms with Crippen LogP contribution < -0.4 is 4.80 Å². The Morgan fingerprint density at radius 1 is 1.18 bits per heavy atom. The standard InChI is InChI=1S/C21H23ClFN3OS/c22-16-3-6-18-20(11-16)28-21(24)26(18)12-14-7-9-25(10-8-14)13-19(27)15-1-4-17(23)5-2-15/h1-6,11,14,19,24,27H,7-10,12-13H2/t19-/m1/s1. The van der Waals surface area contributed by atoms with E-state index in [-0.39, 0.29) is 5.82 Å².